The molecular weight excluding hydrogens is 306 g/mol. The second-order valence-electron chi connectivity index (χ2n) is 5.25. The van der Waals surface area contributed by atoms with Crippen LogP contribution in [0.15, 0.2) is 20.5 Å². The van der Waals surface area contributed by atoms with Gasteiger partial charge in [0.2, 0.25) is 5.96 Å². The molecule has 22 heavy (non-hydrogen) atoms. The highest BCUT2D eigenvalue weighted by molar-refractivity contribution is 7.89. The summed E-state index contributed by atoms with van der Waals surface area (Å²) in [5, 5.41) is 8.05. The molecule has 2 aromatic rings. The quantitative estimate of drug-likeness (QED) is 0.822. The van der Waals surface area contributed by atoms with Crippen LogP contribution >= 0.6 is 0 Å². The molecule has 0 unspecified atom stereocenters. The van der Waals surface area contributed by atoms with E-state index in [1.54, 1.807) is 18.5 Å². The average Bonchev–Trinajstić information content (AvgIpc) is 3.09. The van der Waals surface area contributed by atoms with Crippen LogP contribution in [0.25, 0.3) is 0 Å². The molecule has 3 rings (SSSR count). The van der Waals surface area contributed by atoms with E-state index in [2.05, 4.69) is 15.2 Å². The first-order valence-electron chi connectivity index (χ1n) is 6.86. The molecule has 0 spiro atoms. The number of sulfonamides is 1. The Morgan fingerprint density at radius 1 is 1.23 bits per heavy atom. The van der Waals surface area contributed by atoms with Crippen LogP contribution in [0.2, 0.25) is 0 Å². The zero-order valence-electron chi connectivity index (χ0n) is 12.9. The molecule has 0 bridgehead atoms. The van der Waals surface area contributed by atoms with Crippen molar-refractivity contribution in [2.45, 2.75) is 32.6 Å². The van der Waals surface area contributed by atoms with Gasteiger partial charge in [0.1, 0.15) is 5.69 Å². The van der Waals surface area contributed by atoms with Crippen molar-refractivity contribution in [2.24, 2.45) is 4.99 Å². The predicted molar refractivity (Wildman–Crippen MR) is 79.3 cm³/mol. The molecule has 8 nitrogen and oxygen atoms in total. The van der Waals surface area contributed by atoms with Crippen molar-refractivity contribution in [3.8, 4) is 0 Å². The number of hydrogen-bond acceptors (Lipinski definition) is 6. The maximum Gasteiger partial charge on any atom is 0.272 e. The van der Waals surface area contributed by atoms with Gasteiger partial charge in [0.15, 0.2) is 10.7 Å². The fourth-order valence-electron chi connectivity index (χ4n) is 2.60. The Bertz CT molecular complexity index is 843. The molecule has 0 fully saturated rings. The first-order valence-corrected chi connectivity index (χ1v) is 8.30. The van der Waals surface area contributed by atoms with Crippen LogP contribution in [0.5, 0.6) is 0 Å². The van der Waals surface area contributed by atoms with Crippen LogP contribution < -0.4 is 0 Å². The van der Waals surface area contributed by atoms with Crippen molar-refractivity contribution < 1.29 is 12.9 Å². The van der Waals surface area contributed by atoms with E-state index in [0.717, 1.165) is 11.4 Å². The molecule has 1 aliphatic heterocycles. The summed E-state index contributed by atoms with van der Waals surface area (Å²) >= 11 is 0. The van der Waals surface area contributed by atoms with Gasteiger partial charge >= 0.3 is 0 Å². The Kier molecular flexibility index (Phi) is 3.32. The van der Waals surface area contributed by atoms with Crippen molar-refractivity contribution in [1.82, 2.24) is 19.2 Å². The molecule has 9 heteroatoms. The van der Waals surface area contributed by atoms with E-state index in [1.807, 2.05) is 19.9 Å². The van der Waals surface area contributed by atoms with Gasteiger partial charge in [-0.15, -0.1) is 0 Å². The molecular formula is C13H17N5O3S. The summed E-state index contributed by atoms with van der Waals surface area (Å²) in [4.78, 5) is 4.41. The average molecular weight is 323 g/mol. The smallest absolute Gasteiger partial charge is 0.272 e. The molecule has 0 radical (unpaired) electrons. The van der Waals surface area contributed by atoms with Crippen LogP contribution in [0, 0.1) is 27.7 Å². The summed E-state index contributed by atoms with van der Waals surface area (Å²) in [5.74, 6) is 0.586. The summed E-state index contributed by atoms with van der Waals surface area (Å²) in [6.07, 6.45) is 0. The zero-order valence-corrected chi connectivity index (χ0v) is 13.7. The van der Waals surface area contributed by atoms with Gasteiger partial charge in [0.05, 0.1) is 18.8 Å². The molecule has 1 aliphatic rings. The Hall–Kier alpha value is -2.16. The minimum absolute atomic E-state index is 0.101. The molecule has 0 aromatic carbocycles. The summed E-state index contributed by atoms with van der Waals surface area (Å²) in [6, 6.07) is 1.88. The molecule has 2 aromatic heterocycles. The minimum atomic E-state index is -3.78. The molecule has 118 valence electrons. The Labute approximate surface area is 128 Å². The topological polar surface area (TPSA) is 93.6 Å². The second-order valence-corrected chi connectivity index (χ2v) is 7.05. The van der Waals surface area contributed by atoms with Gasteiger partial charge in [-0.05, 0) is 33.8 Å². The van der Waals surface area contributed by atoms with E-state index in [9.17, 15) is 8.42 Å². The first kappa shape index (κ1) is 14.8. The molecule has 0 N–H and O–H groups in total. The van der Waals surface area contributed by atoms with Crippen molar-refractivity contribution >= 4 is 16.0 Å². The molecule has 0 atom stereocenters. The summed E-state index contributed by atoms with van der Waals surface area (Å²) in [5.41, 5.74) is 1.98. The third-order valence-corrected chi connectivity index (χ3v) is 5.52. The molecule has 0 saturated carbocycles. The number of aliphatic imine (C=N–C) groups is 1. The van der Waals surface area contributed by atoms with E-state index in [0.29, 0.717) is 18.2 Å². The molecule has 0 aliphatic carbocycles. The number of rotatable bonds is 2. The largest absolute Gasteiger partial charge is 0.360 e. The van der Waals surface area contributed by atoms with Gasteiger partial charge in [-0.1, -0.05) is 5.16 Å². The van der Waals surface area contributed by atoms with Crippen molar-refractivity contribution in [3.63, 3.8) is 0 Å². The van der Waals surface area contributed by atoms with Crippen LogP contribution in [-0.2, 0) is 10.0 Å². The van der Waals surface area contributed by atoms with E-state index < -0.39 is 10.0 Å². The highest BCUT2D eigenvalue weighted by atomic mass is 32.2. The van der Waals surface area contributed by atoms with Gasteiger partial charge < -0.3 is 4.52 Å². The monoisotopic (exact) mass is 323 g/mol. The third kappa shape index (κ3) is 2.12. The van der Waals surface area contributed by atoms with Crippen LogP contribution in [0.1, 0.15) is 22.8 Å². The van der Waals surface area contributed by atoms with Crippen LogP contribution in [-0.4, -0.2) is 46.7 Å². The second kappa shape index (κ2) is 4.94. The SMILES string of the molecule is Cc1cc(C)n(C2=NCCN2S(=O)(=O)c2c(C)noc2C)n1. The lowest BCUT2D eigenvalue weighted by Crippen LogP contribution is -2.39. The molecule has 0 saturated heterocycles. The number of hydrogen-bond donors (Lipinski definition) is 0. The van der Waals surface area contributed by atoms with Crippen molar-refractivity contribution in [1.29, 1.82) is 0 Å². The fourth-order valence-corrected chi connectivity index (χ4v) is 4.31. The van der Waals surface area contributed by atoms with Crippen LogP contribution in [0.4, 0.5) is 0 Å². The lowest BCUT2D eigenvalue weighted by atomic mass is 10.4. The van der Waals surface area contributed by atoms with E-state index >= 15 is 0 Å². The van der Waals surface area contributed by atoms with Gasteiger partial charge in [-0.2, -0.15) is 5.10 Å². The minimum Gasteiger partial charge on any atom is -0.360 e. The van der Waals surface area contributed by atoms with E-state index in [1.165, 1.54) is 4.31 Å². The van der Waals surface area contributed by atoms with Gasteiger partial charge in [0, 0.05) is 5.69 Å². The summed E-state index contributed by atoms with van der Waals surface area (Å²) < 4.78 is 33.7. The van der Waals surface area contributed by atoms with E-state index in [4.69, 9.17) is 4.52 Å². The Morgan fingerprint density at radius 2 is 1.95 bits per heavy atom. The van der Waals surface area contributed by atoms with Crippen molar-refractivity contribution in [2.75, 3.05) is 13.1 Å². The van der Waals surface area contributed by atoms with Gasteiger partial charge in [-0.25, -0.2) is 22.4 Å². The van der Waals surface area contributed by atoms with Gasteiger partial charge in [-0.3, -0.25) is 0 Å². The standard InChI is InChI=1S/C13H17N5O3S/c1-8-7-9(2)18(15-8)13-14-5-6-17(13)22(19,20)12-10(3)16-21-11(12)4/h7H,5-6H2,1-4H3. The Morgan fingerprint density at radius 3 is 2.50 bits per heavy atom. The fraction of sp³-hybridized carbons (Fsp3) is 0.462. The maximum atomic E-state index is 12.9. The molecule has 3 heterocycles. The summed E-state index contributed by atoms with van der Waals surface area (Å²) in [7, 11) is -3.78. The number of nitrogens with zero attached hydrogens (tertiary/aromatic N) is 5. The predicted octanol–water partition coefficient (Wildman–Crippen LogP) is 1.01. The first-order chi connectivity index (χ1) is 10.3. The van der Waals surface area contributed by atoms with E-state index in [-0.39, 0.29) is 17.2 Å². The normalized spacial score (nSPS) is 15.5. The Balaban J connectivity index is 2.09. The van der Waals surface area contributed by atoms with Crippen LogP contribution in [0.3, 0.4) is 0 Å². The number of aryl methyl sites for hydroxylation is 4. The highest BCUT2D eigenvalue weighted by Gasteiger charge is 2.36. The van der Waals surface area contributed by atoms with Gasteiger partial charge in [0.25, 0.3) is 10.0 Å². The molecule has 0 amide bonds. The third-order valence-electron chi connectivity index (χ3n) is 3.49. The lowest BCUT2D eigenvalue weighted by Gasteiger charge is -2.20. The lowest BCUT2D eigenvalue weighted by molar-refractivity contribution is 0.390. The maximum absolute atomic E-state index is 12.9. The highest BCUT2D eigenvalue weighted by Crippen LogP contribution is 2.25. The van der Waals surface area contributed by atoms with Crippen molar-refractivity contribution in [3.05, 3.63) is 28.9 Å². The summed E-state index contributed by atoms with van der Waals surface area (Å²) in [6.45, 7) is 7.59. The zero-order chi connectivity index (χ0) is 16.1. The number of aromatic nitrogens is 3.